The topological polar surface area (TPSA) is 35.8 Å². The van der Waals surface area contributed by atoms with Crippen molar-refractivity contribution in [2.75, 3.05) is 5.32 Å². The van der Waals surface area contributed by atoms with Crippen molar-refractivity contribution in [2.45, 2.75) is 13.0 Å². The Balaban J connectivity index is 2.18. The number of hydrogen-bond donors (Lipinski definition) is 1. The Labute approximate surface area is 126 Å². The van der Waals surface area contributed by atoms with Crippen molar-refractivity contribution in [3.63, 3.8) is 0 Å². The van der Waals surface area contributed by atoms with Gasteiger partial charge < -0.3 is 5.32 Å². The van der Waals surface area contributed by atoms with Crippen LogP contribution in [0.2, 0.25) is 5.02 Å². The molecule has 2 rings (SSSR count). The first-order valence-corrected chi connectivity index (χ1v) is 6.99. The number of benzene rings is 2. The molecule has 0 heterocycles. The molecule has 2 aromatic rings. The molecule has 0 aliphatic rings. The van der Waals surface area contributed by atoms with Gasteiger partial charge in [-0.3, -0.25) is 0 Å². The Kier molecular flexibility index (Phi) is 4.47. The van der Waals surface area contributed by atoms with Crippen molar-refractivity contribution in [1.29, 1.82) is 5.26 Å². The number of nitrogens with one attached hydrogen (secondary N) is 1. The van der Waals surface area contributed by atoms with E-state index in [0.29, 0.717) is 10.6 Å². The van der Waals surface area contributed by atoms with Crippen molar-refractivity contribution >= 4 is 33.2 Å². The van der Waals surface area contributed by atoms with Crippen LogP contribution in [0, 0.1) is 11.3 Å². The minimum Gasteiger partial charge on any atom is -0.377 e. The van der Waals surface area contributed by atoms with Crippen LogP contribution in [0.3, 0.4) is 0 Å². The highest BCUT2D eigenvalue weighted by molar-refractivity contribution is 9.10. The van der Waals surface area contributed by atoms with Gasteiger partial charge in [0.15, 0.2) is 0 Å². The highest BCUT2D eigenvalue weighted by Crippen LogP contribution is 2.29. The van der Waals surface area contributed by atoms with Crippen molar-refractivity contribution in [1.82, 2.24) is 0 Å². The number of anilines is 1. The molecule has 19 heavy (non-hydrogen) atoms. The number of rotatable bonds is 3. The van der Waals surface area contributed by atoms with E-state index in [1.165, 1.54) is 0 Å². The molecule has 1 atom stereocenters. The number of nitrogens with zero attached hydrogens (tertiary/aromatic N) is 1. The van der Waals surface area contributed by atoms with Crippen LogP contribution in [-0.4, -0.2) is 0 Å². The molecule has 0 aliphatic heterocycles. The summed E-state index contributed by atoms with van der Waals surface area (Å²) >= 11 is 9.58. The second-order valence-corrected chi connectivity index (χ2v) is 5.55. The molecule has 0 radical (unpaired) electrons. The van der Waals surface area contributed by atoms with Gasteiger partial charge in [0.2, 0.25) is 0 Å². The molecule has 2 nitrogen and oxygen atoms in total. The summed E-state index contributed by atoms with van der Waals surface area (Å²) in [5.41, 5.74) is 2.65. The molecule has 0 spiro atoms. The van der Waals surface area contributed by atoms with Gasteiger partial charge in [-0.05, 0) is 42.8 Å². The van der Waals surface area contributed by atoms with Crippen LogP contribution in [0.25, 0.3) is 0 Å². The Hall–Kier alpha value is -1.50. The molecule has 0 aromatic heterocycles. The fourth-order valence-electron chi connectivity index (χ4n) is 1.77. The summed E-state index contributed by atoms with van der Waals surface area (Å²) in [5.74, 6) is 0. The van der Waals surface area contributed by atoms with Crippen LogP contribution in [0.4, 0.5) is 5.69 Å². The lowest BCUT2D eigenvalue weighted by atomic mass is 10.1. The maximum absolute atomic E-state index is 8.78. The summed E-state index contributed by atoms with van der Waals surface area (Å²) in [7, 11) is 0. The Morgan fingerprint density at radius 3 is 2.53 bits per heavy atom. The standard InChI is InChI=1S/C15H12BrClN2/c1-10(12-4-2-11(9-18)3-5-12)19-15-8-13(16)6-7-14(15)17/h2-8,10,19H,1H3. The zero-order valence-corrected chi connectivity index (χ0v) is 12.7. The average molecular weight is 336 g/mol. The largest absolute Gasteiger partial charge is 0.377 e. The molecule has 0 saturated carbocycles. The molecule has 0 aliphatic carbocycles. The first kappa shape index (κ1) is 13.9. The quantitative estimate of drug-likeness (QED) is 0.842. The van der Waals surface area contributed by atoms with Crippen LogP contribution in [0.5, 0.6) is 0 Å². The van der Waals surface area contributed by atoms with Crippen molar-refractivity contribution < 1.29 is 0 Å². The maximum Gasteiger partial charge on any atom is 0.0991 e. The van der Waals surface area contributed by atoms with E-state index in [1.807, 2.05) is 42.5 Å². The molecular formula is C15H12BrClN2. The third-order valence-electron chi connectivity index (χ3n) is 2.84. The van der Waals surface area contributed by atoms with Gasteiger partial charge in [0, 0.05) is 10.5 Å². The Morgan fingerprint density at radius 1 is 1.21 bits per heavy atom. The molecule has 0 saturated heterocycles. The lowest BCUT2D eigenvalue weighted by molar-refractivity contribution is 0.884. The summed E-state index contributed by atoms with van der Waals surface area (Å²) in [6.45, 7) is 2.05. The third kappa shape index (κ3) is 3.50. The molecule has 0 bridgehead atoms. The third-order valence-corrected chi connectivity index (χ3v) is 3.66. The second-order valence-electron chi connectivity index (χ2n) is 4.22. The monoisotopic (exact) mass is 334 g/mol. The number of nitriles is 1. The molecule has 96 valence electrons. The van der Waals surface area contributed by atoms with Gasteiger partial charge in [-0.25, -0.2) is 0 Å². The summed E-state index contributed by atoms with van der Waals surface area (Å²) in [6, 6.07) is 15.4. The fraction of sp³-hybridized carbons (Fsp3) is 0.133. The van der Waals surface area contributed by atoms with Gasteiger partial charge in [0.1, 0.15) is 0 Å². The van der Waals surface area contributed by atoms with Gasteiger partial charge in [0.25, 0.3) is 0 Å². The molecule has 2 aromatic carbocycles. The number of halogens is 2. The predicted octanol–water partition coefficient (Wildman–Crippen LogP) is 5.15. The van der Waals surface area contributed by atoms with E-state index >= 15 is 0 Å². The van der Waals surface area contributed by atoms with E-state index in [9.17, 15) is 0 Å². The highest BCUT2D eigenvalue weighted by Gasteiger charge is 2.08. The minimum atomic E-state index is 0.111. The molecule has 0 fully saturated rings. The lowest BCUT2D eigenvalue weighted by Crippen LogP contribution is -2.06. The predicted molar refractivity (Wildman–Crippen MR) is 82.3 cm³/mol. The van der Waals surface area contributed by atoms with Crippen LogP contribution < -0.4 is 5.32 Å². The number of hydrogen-bond acceptors (Lipinski definition) is 2. The Bertz CT molecular complexity index is 617. The first-order valence-electron chi connectivity index (χ1n) is 5.82. The van der Waals surface area contributed by atoms with Gasteiger partial charge in [-0.15, -0.1) is 0 Å². The van der Waals surface area contributed by atoms with Gasteiger partial charge in [-0.1, -0.05) is 39.7 Å². The van der Waals surface area contributed by atoms with Gasteiger partial charge >= 0.3 is 0 Å². The van der Waals surface area contributed by atoms with Crippen LogP contribution in [0.1, 0.15) is 24.1 Å². The van der Waals surface area contributed by atoms with E-state index in [2.05, 4.69) is 34.2 Å². The summed E-state index contributed by atoms with van der Waals surface area (Å²) < 4.78 is 0.978. The first-order chi connectivity index (χ1) is 9.10. The minimum absolute atomic E-state index is 0.111. The van der Waals surface area contributed by atoms with E-state index in [4.69, 9.17) is 16.9 Å². The lowest BCUT2D eigenvalue weighted by Gasteiger charge is -2.17. The van der Waals surface area contributed by atoms with Crippen LogP contribution in [0.15, 0.2) is 46.9 Å². The summed E-state index contributed by atoms with van der Waals surface area (Å²) in [6.07, 6.45) is 0. The molecule has 1 N–H and O–H groups in total. The van der Waals surface area contributed by atoms with Gasteiger partial charge in [0.05, 0.1) is 22.3 Å². The molecule has 0 amide bonds. The highest BCUT2D eigenvalue weighted by atomic mass is 79.9. The molecule has 1 unspecified atom stereocenters. The normalized spacial score (nSPS) is 11.7. The average Bonchev–Trinajstić information content (AvgIpc) is 2.43. The molecule has 4 heteroatoms. The zero-order chi connectivity index (χ0) is 13.8. The molecular weight excluding hydrogens is 324 g/mol. The van der Waals surface area contributed by atoms with Crippen LogP contribution in [-0.2, 0) is 0 Å². The van der Waals surface area contributed by atoms with Crippen molar-refractivity contribution in [2.24, 2.45) is 0 Å². The van der Waals surface area contributed by atoms with E-state index in [1.54, 1.807) is 0 Å². The van der Waals surface area contributed by atoms with E-state index < -0.39 is 0 Å². The summed E-state index contributed by atoms with van der Waals surface area (Å²) in [5, 5.41) is 12.8. The van der Waals surface area contributed by atoms with Crippen LogP contribution >= 0.6 is 27.5 Å². The van der Waals surface area contributed by atoms with Crippen molar-refractivity contribution in [3.05, 3.63) is 63.1 Å². The smallest absolute Gasteiger partial charge is 0.0991 e. The Morgan fingerprint density at radius 2 is 1.89 bits per heavy atom. The zero-order valence-electron chi connectivity index (χ0n) is 10.3. The maximum atomic E-state index is 8.78. The SMILES string of the molecule is CC(Nc1cc(Br)ccc1Cl)c1ccc(C#N)cc1. The summed E-state index contributed by atoms with van der Waals surface area (Å²) in [4.78, 5) is 0. The van der Waals surface area contributed by atoms with E-state index in [0.717, 1.165) is 15.7 Å². The fourth-order valence-corrected chi connectivity index (χ4v) is 2.30. The second kappa shape index (κ2) is 6.10. The van der Waals surface area contributed by atoms with Crippen molar-refractivity contribution in [3.8, 4) is 6.07 Å². The van der Waals surface area contributed by atoms with Gasteiger partial charge in [-0.2, -0.15) is 5.26 Å². The van der Waals surface area contributed by atoms with E-state index in [-0.39, 0.29) is 6.04 Å².